The number of aryl methyl sites for hydroxylation is 2. The zero-order valence-electron chi connectivity index (χ0n) is 14.5. The summed E-state index contributed by atoms with van der Waals surface area (Å²) in [4.78, 5) is 4.89. The second-order valence-corrected chi connectivity index (χ2v) is 8.21. The molecule has 0 saturated heterocycles. The van der Waals surface area contributed by atoms with Crippen LogP contribution >= 0.6 is 11.3 Å². The van der Waals surface area contributed by atoms with E-state index in [1.807, 2.05) is 18.3 Å². The first kappa shape index (κ1) is 16.2. The number of nitrogens with zero attached hydrogens (tertiary/aromatic N) is 4. The van der Waals surface area contributed by atoms with E-state index >= 15 is 0 Å². The van der Waals surface area contributed by atoms with Crippen molar-refractivity contribution >= 4 is 11.3 Å². The van der Waals surface area contributed by atoms with E-state index in [0.29, 0.717) is 5.92 Å². The monoisotopic (exact) mass is 345 g/mol. The minimum atomic E-state index is 0.670. The van der Waals surface area contributed by atoms with Gasteiger partial charge in [-0.3, -0.25) is 0 Å². The molecule has 1 saturated carbocycles. The average molecular weight is 346 g/mol. The zero-order chi connectivity index (χ0) is 16.4. The van der Waals surface area contributed by atoms with Gasteiger partial charge in [-0.1, -0.05) is 19.3 Å². The molecule has 4 rings (SSSR count). The maximum Gasteiger partial charge on any atom is 0.133 e. The molecule has 24 heavy (non-hydrogen) atoms. The van der Waals surface area contributed by atoms with E-state index < -0.39 is 0 Å². The molecule has 5 nitrogen and oxygen atoms in total. The average Bonchev–Trinajstić information content (AvgIpc) is 3.23. The quantitative estimate of drug-likeness (QED) is 0.902. The van der Waals surface area contributed by atoms with Gasteiger partial charge >= 0.3 is 0 Å². The number of fused-ring (bicyclic) bond motifs is 1. The molecule has 1 N–H and O–H groups in total. The third-order valence-electron chi connectivity index (χ3n) is 5.49. The van der Waals surface area contributed by atoms with Crippen molar-refractivity contribution in [2.75, 3.05) is 6.54 Å². The molecule has 0 unspecified atom stereocenters. The van der Waals surface area contributed by atoms with Gasteiger partial charge < -0.3 is 9.88 Å². The van der Waals surface area contributed by atoms with Gasteiger partial charge in [0.15, 0.2) is 0 Å². The number of hydrogen-bond acceptors (Lipinski definition) is 5. The molecule has 1 fully saturated rings. The fraction of sp³-hybridized carbons (Fsp3) is 0.722. The molecule has 130 valence electrons. The van der Waals surface area contributed by atoms with Crippen molar-refractivity contribution in [3.63, 3.8) is 0 Å². The van der Waals surface area contributed by atoms with Gasteiger partial charge in [-0.2, -0.15) is 0 Å². The summed E-state index contributed by atoms with van der Waals surface area (Å²) in [6, 6.07) is 0. The van der Waals surface area contributed by atoms with Crippen LogP contribution in [-0.4, -0.2) is 26.3 Å². The minimum Gasteiger partial charge on any atom is -0.315 e. The molecule has 3 heterocycles. The predicted octanol–water partition coefficient (Wildman–Crippen LogP) is 3.44. The molecule has 0 amide bonds. The van der Waals surface area contributed by atoms with Crippen LogP contribution in [0.2, 0.25) is 0 Å². The van der Waals surface area contributed by atoms with Crippen molar-refractivity contribution in [1.82, 2.24) is 25.1 Å². The lowest BCUT2D eigenvalue weighted by Gasteiger charge is -2.24. The second-order valence-electron chi connectivity index (χ2n) is 7.32. The van der Waals surface area contributed by atoms with E-state index in [1.165, 1.54) is 49.2 Å². The molecule has 0 bridgehead atoms. The standard InChI is InChI=1S/C18H27N5S/c1-13-21-22-17-8-7-14(11-23(13)17)9-19-10-16-12-24-18(20-16)15-5-3-2-4-6-15/h12,14-15,19H,2-11H2,1H3/t14-/m0/s1. The Morgan fingerprint density at radius 1 is 1.21 bits per heavy atom. The van der Waals surface area contributed by atoms with Crippen molar-refractivity contribution in [3.05, 3.63) is 27.7 Å². The van der Waals surface area contributed by atoms with Crippen LogP contribution in [0.4, 0.5) is 0 Å². The summed E-state index contributed by atoms with van der Waals surface area (Å²) in [5, 5.41) is 15.7. The van der Waals surface area contributed by atoms with Crippen LogP contribution in [0.1, 0.15) is 66.8 Å². The Morgan fingerprint density at radius 3 is 2.96 bits per heavy atom. The van der Waals surface area contributed by atoms with Crippen LogP contribution in [-0.2, 0) is 19.5 Å². The number of nitrogens with one attached hydrogen (secondary N) is 1. The fourth-order valence-electron chi connectivity index (χ4n) is 4.04. The van der Waals surface area contributed by atoms with E-state index in [2.05, 4.69) is 25.5 Å². The van der Waals surface area contributed by atoms with Crippen LogP contribution in [0, 0.1) is 12.8 Å². The summed E-state index contributed by atoms with van der Waals surface area (Å²) in [7, 11) is 0. The fourth-order valence-corrected chi connectivity index (χ4v) is 5.03. The summed E-state index contributed by atoms with van der Waals surface area (Å²) >= 11 is 1.86. The van der Waals surface area contributed by atoms with Crippen LogP contribution < -0.4 is 5.32 Å². The number of thiazole rings is 1. The highest BCUT2D eigenvalue weighted by atomic mass is 32.1. The van der Waals surface area contributed by atoms with Crippen molar-refractivity contribution < 1.29 is 0 Å². The van der Waals surface area contributed by atoms with Gasteiger partial charge in [0.1, 0.15) is 11.6 Å². The van der Waals surface area contributed by atoms with Gasteiger partial charge in [0.25, 0.3) is 0 Å². The zero-order valence-corrected chi connectivity index (χ0v) is 15.3. The Bertz CT molecular complexity index is 671. The lowest BCUT2D eigenvalue weighted by atomic mass is 9.90. The Labute approximate surface area is 147 Å². The summed E-state index contributed by atoms with van der Waals surface area (Å²) in [5.41, 5.74) is 1.22. The van der Waals surface area contributed by atoms with Gasteiger partial charge in [-0.15, -0.1) is 21.5 Å². The Hall–Kier alpha value is -1.27. The molecule has 1 aliphatic heterocycles. The number of hydrogen-bond donors (Lipinski definition) is 1. The molecule has 2 aromatic rings. The largest absolute Gasteiger partial charge is 0.315 e. The van der Waals surface area contributed by atoms with E-state index in [9.17, 15) is 0 Å². The lowest BCUT2D eigenvalue weighted by Crippen LogP contribution is -2.30. The van der Waals surface area contributed by atoms with E-state index in [-0.39, 0.29) is 0 Å². The van der Waals surface area contributed by atoms with E-state index in [1.54, 1.807) is 0 Å². The molecule has 1 atom stereocenters. The minimum absolute atomic E-state index is 0.670. The molecular formula is C18H27N5S. The molecule has 6 heteroatoms. The summed E-state index contributed by atoms with van der Waals surface area (Å²) in [6.45, 7) is 5.04. The highest BCUT2D eigenvalue weighted by Gasteiger charge is 2.21. The number of aromatic nitrogens is 4. The Balaban J connectivity index is 1.26. The SMILES string of the molecule is Cc1nnc2n1C[C@H](CNCc1csc(C3CCCCC3)n1)CC2. The van der Waals surface area contributed by atoms with Crippen LogP contribution in [0.15, 0.2) is 5.38 Å². The summed E-state index contributed by atoms with van der Waals surface area (Å²) in [6.07, 6.45) is 9.09. The van der Waals surface area contributed by atoms with Crippen molar-refractivity contribution in [2.45, 2.75) is 70.9 Å². The second kappa shape index (κ2) is 7.31. The third-order valence-corrected chi connectivity index (χ3v) is 6.55. The normalized spacial score (nSPS) is 21.8. The summed E-state index contributed by atoms with van der Waals surface area (Å²) in [5.74, 6) is 3.60. The molecular weight excluding hydrogens is 318 g/mol. The molecule has 0 radical (unpaired) electrons. The van der Waals surface area contributed by atoms with Crippen molar-refractivity contribution in [1.29, 1.82) is 0 Å². The van der Waals surface area contributed by atoms with E-state index in [0.717, 1.165) is 43.6 Å². The highest BCUT2D eigenvalue weighted by Crippen LogP contribution is 2.34. The summed E-state index contributed by atoms with van der Waals surface area (Å²) < 4.78 is 2.28. The Morgan fingerprint density at radius 2 is 2.08 bits per heavy atom. The molecule has 2 aliphatic rings. The van der Waals surface area contributed by atoms with Crippen LogP contribution in [0.5, 0.6) is 0 Å². The predicted molar refractivity (Wildman–Crippen MR) is 96.2 cm³/mol. The first-order valence-electron chi connectivity index (χ1n) is 9.33. The van der Waals surface area contributed by atoms with Crippen LogP contribution in [0.25, 0.3) is 0 Å². The van der Waals surface area contributed by atoms with Crippen LogP contribution in [0.3, 0.4) is 0 Å². The molecule has 1 aliphatic carbocycles. The molecule has 0 spiro atoms. The van der Waals surface area contributed by atoms with Gasteiger partial charge in [0.05, 0.1) is 10.7 Å². The van der Waals surface area contributed by atoms with Crippen molar-refractivity contribution in [2.24, 2.45) is 5.92 Å². The topological polar surface area (TPSA) is 55.6 Å². The Kier molecular flexibility index (Phi) is 4.94. The van der Waals surface area contributed by atoms with Crippen molar-refractivity contribution in [3.8, 4) is 0 Å². The first-order valence-corrected chi connectivity index (χ1v) is 10.2. The van der Waals surface area contributed by atoms with Gasteiger partial charge in [0.2, 0.25) is 0 Å². The maximum atomic E-state index is 4.89. The van der Waals surface area contributed by atoms with Gasteiger partial charge in [-0.25, -0.2) is 4.98 Å². The molecule has 0 aromatic carbocycles. The smallest absolute Gasteiger partial charge is 0.133 e. The van der Waals surface area contributed by atoms with Gasteiger partial charge in [-0.05, 0) is 32.1 Å². The molecule has 2 aromatic heterocycles. The highest BCUT2D eigenvalue weighted by molar-refractivity contribution is 7.09. The number of rotatable bonds is 5. The van der Waals surface area contributed by atoms with Gasteiger partial charge in [0, 0.05) is 37.4 Å². The first-order chi connectivity index (χ1) is 11.8. The maximum absolute atomic E-state index is 4.89. The lowest BCUT2D eigenvalue weighted by molar-refractivity contribution is 0.343. The third kappa shape index (κ3) is 3.54. The van der Waals surface area contributed by atoms with E-state index in [4.69, 9.17) is 4.98 Å².